The van der Waals surface area contributed by atoms with Gasteiger partial charge in [-0.15, -0.1) is 0 Å². The van der Waals surface area contributed by atoms with E-state index in [1.807, 2.05) is 0 Å². The zero-order valence-corrected chi connectivity index (χ0v) is 20.3. The molecule has 3 saturated carbocycles. The van der Waals surface area contributed by atoms with E-state index in [0.29, 0.717) is 44.1 Å². The smallest absolute Gasteiger partial charge is 0.404 e. The van der Waals surface area contributed by atoms with E-state index >= 15 is 0 Å². The summed E-state index contributed by atoms with van der Waals surface area (Å²) >= 11 is 0. The summed E-state index contributed by atoms with van der Waals surface area (Å²) in [6, 6.07) is -0.897. The molecular weight excluding hydrogens is 409 g/mol. The topological polar surface area (TPSA) is 103 Å². The van der Waals surface area contributed by atoms with Crippen molar-refractivity contribution in [2.24, 2.45) is 28.9 Å². The van der Waals surface area contributed by atoms with Gasteiger partial charge in [0.05, 0.1) is 43.3 Å². The minimum atomic E-state index is -0.897. The number of nitrogens with two attached hydrogens (primary N) is 1. The number of hydrogen-bond donors (Lipinski definition) is 2. The number of nitrogens with one attached hydrogen (secondary N) is 1. The maximum atomic E-state index is 12.9. The monoisotopic (exact) mass is 449 g/mol. The van der Waals surface area contributed by atoms with Gasteiger partial charge in [0.2, 0.25) is 11.8 Å². The quantitative estimate of drug-likeness (QED) is 0.569. The molecule has 0 radical (unpaired) electrons. The van der Waals surface area contributed by atoms with Gasteiger partial charge in [-0.2, -0.15) is 0 Å². The third-order valence-electron chi connectivity index (χ3n) is 8.45. The van der Waals surface area contributed by atoms with Crippen LogP contribution in [0.3, 0.4) is 0 Å². The SMILES string of the molecule is CC(C)CC(NC(=O)C(N)CC(=O)N1CCOCC1)B1OC2CC3CC(C3(C)C)[C@]2(C)O1. The van der Waals surface area contributed by atoms with E-state index in [1.54, 1.807) is 4.90 Å². The third kappa shape index (κ3) is 4.33. The number of rotatable bonds is 7. The molecule has 8 nitrogen and oxygen atoms in total. The number of nitrogens with zero attached hydrogens (tertiary/aromatic N) is 1. The average Bonchev–Trinajstić information content (AvgIpc) is 3.10. The van der Waals surface area contributed by atoms with E-state index in [0.717, 1.165) is 12.8 Å². The molecule has 9 heteroatoms. The van der Waals surface area contributed by atoms with Crippen molar-refractivity contribution in [3.8, 4) is 0 Å². The molecule has 0 aromatic rings. The summed E-state index contributed by atoms with van der Waals surface area (Å²) in [4.78, 5) is 27.2. The summed E-state index contributed by atoms with van der Waals surface area (Å²) in [6.45, 7) is 13.2. The summed E-state index contributed by atoms with van der Waals surface area (Å²) in [5, 5.41) is 3.07. The molecule has 3 aliphatic carbocycles. The Morgan fingerprint density at radius 2 is 1.88 bits per heavy atom. The lowest BCUT2D eigenvalue weighted by molar-refractivity contribution is -0.199. The molecule has 5 rings (SSSR count). The summed E-state index contributed by atoms with van der Waals surface area (Å²) in [5.74, 6) is 0.756. The molecule has 2 amide bonds. The lowest BCUT2D eigenvalue weighted by Gasteiger charge is -2.64. The van der Waals surface area contributed by atoms with E-state index in [1.165, 1.54) is 6.42 Å². The fourth-order valence-electron chi connectivity index (χ4n) is 6.33. The van der Waals surface area contributed by atoms with Gasteiger partial charge >= 0.3 is 7.12 Å². The molecule has 0 spiro atoms. The van der Waals surface area contributed by atoms with Crippen molar-refractivity contribution in [3.63, 3.8) is 0 Å². The lowest BCUT2D eigenvalue weighted by atomic mass is 9.43. The Kier molecular flexibility index (Phi) is 6.66. The number of ether oxygens (including phenoxy) is 1. The standard InChI is InChI=1S/C23H40BN3O5/c1-14(2)10-19(26-21(29)16(25)13-20(28)27-6-8-30-9-7-27)24-31-18-12-15-11-17(22(15,3)4)23(18,5)32-24/h14-19H,6-13,25H2,1-5H3,(H,26,29)/t15?,16?,17?,18?,19?,23-/m0/s1. The highest BCUT2D eigenvalue weighted by Gasteiger charge is 2.68. The Hall–Kier alpha value is -1.16. The second-order valence-electron chi connectivity index (χ2n) is 11.4. The zero-order valence-electron chi connectivity index (χ0n) is 20.3. The van der Waals surface area contributed by atoms with Crippen molar-refractivity contribution in [1.82, 2.24) is 10.2 Å². The van der Waals surface area contributed by atoms with E-state index in [2.05, 4.69) is 39.9 Å². The first-order valence-corrected chi connectivity index (χ1v) is 12.3. The first-order chi connectivity index (χ1) is 15.0. The van der Waals surface area contributed by atoms with Crippen LogP contribution in [0.15, 0.2) is 0 Å². The molecule has 0 aromatic carbocycles. The average molecular weight is 449 g/mol. The van der Waals surface area contributed by atoms with Crippen LogP contribution in [-0.4, -0.2) is 73.8 Å². The Balaban J connectivity index is 1.38. The Bertz CT molecular complexity index is 728. The minimum Gasteiger partial charge on any atom is -0.404 e. The van der Waals surface area contributed by atoms with Gasteiger partial charge in [0, 0.05) is 13.1 Å². The second kappa shape index (κ2) is 8.89. The molecule has 5 fully saturated rings. The summed E-state index contributed by atoms with van der Waals surface area (Å²) in [6.07, 6.45) is 2.97. The number of hydrogen-bond acceptors (Lipinski definition) is 6. The molecule has 5 unspecified atom stereocenters. The van der Waals surface area contributed by atoms with E-state index in [4.69, 9.17) is 19.8 Å². The minimum absolute atomic E-state index is 0.00903. The maximum absolute atomic E-state index is 12.9. The molecule has 2 aliphatic heterocycles. The Morgan fingerprint density at radius 1 is 1.19 bits per heavy atom. The van der Waals surface area contributed by atoms with Gasteiger partial charge < -0.3 is 30.0 Å². The largest absolute Gasteiger partial charge is 0.481 e. The first kappa shape index (κ1) is 24.0. The normalized spacial score (nSPS) is 35.2. The molecule has 2 heterocycles. The summed E-state index contributed by atoms with van der Waals surface area (Å²) < 4.78 is 18.3. The van der Waals surface area contributed by atoms with Crippen LogP contribution in [0.4, 0.5) is 0 Å². The van der Waals surface area contributed by atoms with Crippen molar-refractivity contribution in [2.45, 2.75) is 84.0 Å². The molecule has 5 aliphatic rings. The molecule has 0 aromatic heterocycles. The third-order valence-corrected chi connectivity index (χ3v) is 8.45. The van der Waals surface area contributed by atoms with Crippen LogP contribution in [0.1, 0.15) is 60.3 Å². The van der Waals surface area contributed by atoms with E-state index in [9.17, 15) is 9.59 Å². The summed E-state index contributed by atoms with van der Waals surface area (Å²) in [5.41, 5.74) is 6.08. The maximum Gasteiger partial charge on any atom is 0.481 e. The fraction of sp³-hybridized carbons (Fsp3) is 0.913. The number of carbonyl (C=O) groups excluding carboxylic acids is 2. The van der Waals surface area contributed by atoms with E-state index < -0.39 is 13.2 Å². The van der Waals surface area contributed by atoms with Gasteiger partial charge in [0.1, 0.15) is 0 Å². The molecule has 2 bridgehead atoms. The highest BCUT2D eigenvalue weighted by molar-refractivity contribution is 6.47. The van der Waals surface area contributed by atoms with Crippen molar-refractivity contribution >= 4 is 18.9 Å². The molecule has 3 N–H and O–H groups in total. The predicted octanol–water partition coefficient (Wildman–Crippen LogP) is 1.36. The molecule has 2 saturated heterocycles. The number of carbonyl (C=O) groups is 2. The van der Waals surface area contributed by atoms with Crippen LogP contribution in [0.5, 0.6) is 0 Å². The predicted molar refractivity (Wildman–Crippen MR) is 121 cm³/mol. The Morgan fingerprint density at radius 3 is 2.50 bits per heavy atom. The highest BCUT2D eigenvalue weighted by atomic mass is 16.7. The number of morpholine rings is 1. The van der Waals surface area contributed by atoms with Gasteiger partial charge in [-0.1, -0.05) is 27.7 Å². The van der Waals surface area contributed by atoms with Crippen molar-refractivity contribution < 1.29 is 23.6 Å². The van der Waals surface area contributed by atoms with Gasteiger partial charge in [-0.05, 0) is 49.4 Å². The highest BCUT2D eigenvalue weighted by Crippen LogP contribution is 2.65. The van der Waals surface area contributed by atoms with Crippen LogP contribution < -0.4 is 11.1 Å². The van der Waals surface area contributed by atoms with Crippen LogP contribution in [0, 0.1) is 23.2 Å². The molecule has 180 valence electrons. The van der Waals surface area contributed by atoms with Crippen LogP contribution >= 0.6 is 0 Å². The van der Waals surface area contributed by atoms with Crippen molar-refractivity contribution in [1.29, 1.82) is 0 Å². The van der Waals surface area contributed by atoms with Gasteiger partial charge in [0.25, 0.3) is 0 Å². The molecule has 6 atom stereocenters. The van der Waals surface area contributed by atoms with Crippen LogP contribution in [-0.2, 0) is 23.6 Å². The van der Waals surface area contributed by atoms with Crippen LogP contribution in [0.25, 0.3) is 0 Å². The van der Waals surface area contributed by atoms with E-state index in [-0.39, 0.29) is 41.3 Å². The number of amides is 2. The second-order valence-corrected chi connectivity index (χ2v) is 11.4. The lowest BCUT2D eigenvalue weighted by Crippen LogP contribution is -2.65. The first-order valence-electron chi connectivity index (χ1n) is 12.3. The molecule has 32 heavy (non-hydrogen) atoms. The van der Waals surface area contributed by atoms with Crippen LogP contribution in [0.2, 0.25) is 0 Å². The van der Waals surface area contributed by atoms with Gasteiger partial charge in [-0.25, -0.2) is 0 Å². The van der Waals surface area contributed by atoms with Gasteiger partial charge in [0.15, 0.2) is 0 Å². The zero-order chi connectivity index (χ0) is 23.3. The fourth-order valence-corrected chi connectivity index (χ4v) is 6.33. The Labute approximate surface area is 192 Å². The summed E-state index contributed by atoms with van der Waals surface area (Å²) in [7, 11) is -0.492. The van der Waals surface area contributed by atoms with Crippen molar-refractivity contribution in [3.05, 3.63) is 0 Å². The van der Waals surface area contributed by atoms with Gasteiger partial charge in [-0.3, -0.25) is 9.59 Å². The molecular formula is C23H40BN3O5. The van der Waals surface area contributed by atoms with Crippen molar-refractivity contribution in [2.75, 3.05) is 26.3 Å².